The van der Waals surface area contributed by atoms with Gasteiger partial charge in [-0.05, 0) is 45.5 Å². The monoisotopic (exact) mass is 291 g/mol. The summed E-state index contributed by atoms with van der Waals surface area (Å²) in [5.74, 6) is -0.0474. The first-order chi connectivity index (χ1) is 10.1. The van der Waals surface area contributed by atoms with Gasteiger partial charge in [-0.2, -0.15) is 5.10 Å². The second kappa shape index (κ2) is 6.72. The van der Waals surface area contributed by atoms with Crippen LogP contribution >= 0.6 is 0 Å². The number of aromatic nitrogens is 2. The van der Waals surface area contributed by atoms with E-state index < -0.39 is 0 Å². The van der Waals surface area contributed by atoms with Crippen molar-refractivity contribution in [1.82, 2.24) is 15.1 Å². The first-order valence-electron chi connectivity index (χ1n) is 7.07. The molecule has 0 saturated carbocycles. The Morgan fingerprint density at radius 1 is 1.33 bits per heavy atom. The number of benzene rings is 1. The number of hydrogen-bond acceptors (Lipinski definition) is 3. The van der Waals surface area contributed by atoms with Crippen LogP contribution in [0.3, 0.4) is 0 Å². The Kier molecular flexibility index (Phi) is 4.96. The molecular formula is C16H22FN3O. The molecule has 0 spiro atoms. The molecule has 0 bridgehead atoms. The van der Waals surface area contributed by atoms with E-state index in [0.29, 0.717) is 12.1 Å². The lowest BCUT2D eigenvalue weighted by molar-refractivity contribution is 0.383. The molecule has 0 fully saturated rings. The summed E-state index contributed by atoms with van der Waals surface area (Å²) in [5.41, 5.74) is 3.91. The van der Waals surface area contributed by atoms with Gasteiger partial charge in [-0.15, -0.1) is 0 Å². The maximum absolute atomic E-state index is 14.2. The van der Waals surface area contributed by atoms with Crippen molar-refractivity contribution in [3.05, 3.63) is 46.5 Å². The van der Waals surface area contributed by atoms with Crippen molar-refractivity contribution in [3.8, 4) is 5.75 Å². The molecule has 0 amide bonds. The molecule has 1 heterocycles. The van der Waals surface area contributed by atoms with Gasteiger partial charge < -0.3 is 10.1 Å². The van der Waals surface area contributed by atoms with Crippen molar-refractivity contribution < 1.29 is 9.13 Å². The summed E-state index contributed by atoms with van der Waals surface area (Å²) in [6.45, 7) is 5.34. The topological polar surface area (TPSA) is 39.1 Å². The maximum atomic E-state index is 14.2. The van der Waals surface area contributed by atoms with Crippen LogP contribution in [0, 0.1) is 19.7 Å². The molecule has 1 aromatic heterocycles. The van der Waals surface area contributed by atoms with Crippen molar-refractivity contribution in [2.45, 2.75) is 26.8 Å². The highest BCUT2D eigenvalue weighted by molar-refractivity contribution is 5.32. The van der Waals surface area contributed by atoms with E-state index in [0.717, 1.165) is 24.4 Å². The number of halogens is 1. The molecule has 0 atom stereocenters. The number of hydrogen-bond donors (Lipinski definition) is 1. The minimum absolute atomic E-state index is 0.268. The Labute approximate surface area is 124 Å². The first-order valence-corrected chi connectivity index (χ1v) is 7.07. The number of methoxy groups -OCH3 is 1. The normalized spacial score (nSPS) is 10.9. The zero-order valence-electron chi connectivity index (χ0n) is 13.0. The predicted molar refractivity (Wildman–Crippen MR) is 81.4 cm³/mol. The molecule has 5 heteroatoms. The number of nitrogens with one attached hydrogen (secondary N) is 1. The third-order valence-corrected chi connectivity index (χ3v) is 3.74. The van der Waals surface area contributed by atoms with Gasteiger partial charge in [0.2, 0.25) is 0 Å². The van der Waals surface area contributed by atoms with E-state index in [1.807, 2.05) is 25.6 Å². The summed E-state index contributed by atoms with van der Waals surface area (Å²) in [6, 6.07) is 5.19. The summed E-state index contributed by atoms with van der Waals surface area (Å²) in [7, 11) is 3.40. The van der Waals surface area contributed by atoms with Crippen LogP contribution in [-0.2, 0) is 13.0 Å². The van der Waals surface area contributed by atoms with Crippen molar-refractivity contribution >= 4 is 0 Å². The average Bonchev–Trinajstić information content (AvgIpc) is 2.74. The standard InChI is InChI=1S/C16H22FN3O/c1-11-14(8-9-18-3)12(2)20(19-11)10-13-6-5-7-15(21-4)16(13)17/h5-7,18H,8-10H2,1-4H3. The molecule has 114 valence electrons. The fourth-order valence-electron chi connectivity index (χ4n) is 2.50. The van der Waals surface area contributed by atoms with E-state index in [-0.39, 0.29) is 11.6 Å². The molecule has 0 radical (unpaired) electrons. The molecule has 0 unspecified atom stereocenters. The molecule has 21 heavy (non-hydrogen) atoms. The third-order valence-electron chi connectivity index (χ3n) is 3.74. The molecule has 0 aliphatic rings. The van der Waals surface area contributed by atoms with E-state index in [1.165, 1.54) is 12.7 Å². The van der Waals surface area contributed by atoms with Gasteiger partial charge >= 0.3 is 0 Å². The number of rotatable bonds is 6. The van der Waals surface area contributed by atoms with Gasteiger partial charge in [0, 0.05) is 11.3 Å². The summed E-state index contributed by atoms with van der Waals surface area (Å²) >= 11 is 0. The Bertz CT molecular complexity index is 622. The van der Waals surface area contributed by atoms with Crippen LogP contribution in [0.4, 0.5) is 4.39 Å². The van der Waals surface area contributed by atoms with Crippen LogP contribution in [0.25, 0.3) is 0 Å². The van der Waals surface area contributed by atoms with E-state index in [1.54, 1.807) is 18.2 Å². The third kappa shape index (κ3) is 3.24. The SMILES string of the molecule is CNCCc1c(C)nn(Cc2cccc(OC)c2F)c1C. The van der Waals surface area contributed by atoms with Gasteiger partial charge in [-0.3, -0.25) is 4.68 Å². The van der Waals surface area contributed by atoms with Crippen molar-refractivity contribution in [2.75, 3.05) is 20.7 Å². The number of nitrogens with zero attached hydrogens (tertiary/aromatic N) is 2. The van der Waals surface area contributed by atoms with Crippen LogP contribution in [0.2, 0.25) is 0 Å². The van der Waals surface area contributed by atoms with E-state index >= 15 is 0 Å². The van der Waals surface area contributed by atoms with Gasteiger partial charge in [0.25, 0.3) is 0 Å². The van der Waals surface area contributed by atoms with E-state index in [4.69, 9.17) is 4.74 Å². The molecule has 0 aliphatic heterocycles. The molecule has 1 aromatic carbocycles. The highest BCUT2D eigenvalue weighted by Crippen LogP contribution is 2.22. The zero-order valence-corrected chi connectivity index (χ0v) is 13.0. The molecule has 0 saturated heterocycles. The highest BCUT2D eigenvalue weighted by Gasteiger charge is 2.14. The maximum Gasteiger partial charge on any atom is 0.170 e. The van der Waals surface area contributed by atoms with Crippen molar-refractivity contribution in [1.29, 1.82) is 0 Å². The van der Waals surface area contributed by atoms with Crippen LogP contribution in [-0.4, -0.2) is 30.5 Å². The van der Waals surface area contributed by atoms with Gasteiger partial charge in [0.1, 0.15) is 0 Å². The smallest absolute Gasteiger partial charge is 0.170 e. The van der Waals surface area contributed by atoms with Gasteiger partial charge in [-0.25, -0.2) is 4.39 Å². The minimum Gasteiger partial charge on any atom is -0.494 e. The van der Waals surface area contributed by atoms with E-state index in [2.05, 4.69) is 10.4 Å². The van der Waals surface area contributed by atoms with Crippen LogP contribution in [0.15, 0.2) is 18.2 Å². The second-order valence-electron chi connectivity index (χ2n) is 5.09. The first kappa shape index (κ1) is 15.5. The molecule has 4 nitrogen and oxygen atoms in total. The molecular weight excluding hydrogens is 269 g/mol. The minimum atomic E-state index is -0.315. The fraction of sp³-hybridized carbons (Fsp3) is 0.438. The van der Waals surface area contributed by atoms with Gasteiger partial charge in [-0.1, -0.05) is 12.1 Å². The molecule has 2 aromatic rings. The van der Waals surface area contributed by atoms with Gasteiger partial charge in [0.05, 0.1) is 19.3 Å². The van der Waals surface area contributed by atoms with Gasteiger partial charge in [0.15, 0.2) is 11.6 Å². The predicted octanol–water partition coefficient (Wildman–Crippen LogP) is 2.46. The van der Waals surface area contributed by atoms with Crippen LogP contribution in [0.5, 0.6) is 5.75 Å². The molecule has 2 rings (SSSR count). The Hall–Kier alpha value is -1.88. The Morgan fingerprint density at radius 2 is 2.10 bits per heavy atom. The largest absolute Gasteiger partial charge is 0.494 e. The fourth-order valence-corrected chi connectivity index (χ4v) is 2.50. The van der Waals surface area contributed by atoms with Crippen molar-refractivity contribution in [3.63, 3.8) is 0 Å². The van der Waals surface area contributed by atoms with Crippen LogP contribution < -0.4 is 10.1 Å². The zero-order chi connectivity index (χ0) is 15.4. The average molecular weight is 291 g/mol. The lowest BCUT2D eigenvalue weighted by Gasteiger charge is -2.09. The van der Waals surface area contributed by atoms with Crippen LogP contribution in [0.1, 0.15) is 22.5 Å². The lowest BCUT2D eigenvalue weighted by atomic mass is 10.1. The summed E-state index contributed by atoms with van der Waals surface area (Å²) < 4.78 is 21.1. The second-order valence-corrected chi connectivity index (χ2v) is 5.09. The molecule has 0 aliphatic carbocycles. The highest BCUT2D eigenvalue weighted by atomic mass is 19.1. The number of aryl methyl sites for hydroxylation is 1. The lowest BCUT2D eigenvalue weighted by Crippen LogP contribution is -2.11. The number of ether oxygens (including phenoxy) is 1. The summed E-state index contributed by atoms with van der Waals surface area (Å²) in [6.07, 6.45) is 0.925. The Balaban J connectivity index is 2.28. The molecule has 1 N–H and O–H groups in total. The summed E-state index contributed by atoms with van der Waals surface area (Å²) in [4.78, 5) is 0. The quantitative estimate of drug-likeness (QED) is 0.888. The van der Waals surface area contributed by atoms with Crippen molar-refractivity contribution in [2.24, 2.45) is 0 Å². The summed E-state index contributed by atoms with van der Waals surface area (Å²) in [5, 5.41) is 7.68. The van der Waals surface area contributed by atoms with E-state index in [9.17, 15) is 4.39 Å². The Morgan fingerprint density at radius 3 is 2.76 bits per heavy atom. The number of likely N-dealkylation sites (N-methyl/N-ethyl adjacent to an activating group) is 1.